The summed E-state index contributed by atoms with van der Waals surface area (Å²) in [6.07, 6.45) is 2.48. The Morgan fingerprint density at radius 1 is 1.30 bits per heavy atom. The number of hydrogen-bond donors (Lipinski definition) is 1. The summed E-state index contributed by atoms with van der Waals surface area (Å²) in [6, 6.07) is 11.1. The SMILES string of the molecule is O=C(O)c1cc(-c2cc(F)ccc2OCC2CCOC2)cc2cccnc12. The molecule has 0 aliphatic carbocycles. The van der Waals surface area contributed by atoms with Crippen LogP contribution in [0.5, 0.6) is 5.75 Å². The van der Waals surface area contributed by atoms with Crippen LogP contribution in [0.3, 0.4) is 0 Å². The molecule has 1 aliphatic heterocycles. The van der Waals surface area contributed by atoms with Crippen molar-refractivity contribution in [2.75, 3.05) is 19.8 Å². The summed E-state index contributed by atoms with van der Waals surface area (Å²) in [7, 11) is 0. The molecule has 4 rings (SSSR count). The van der Waals surface area contributed by atoms with Gasteiger partial charge in [-0.1, -0.05) is 6.07 Å². The van der Waals surface area contributed by atoms with Crippen molar-refractivity contribution in [3.05, 3.63) is 60.0 Å². The molecule has 0 spiro atoms. The van der Waals surface area contributed by atoms with Crippen LogP contribution in [0.4, 0.5) is 4.39 Å². The normalized spacial score (nSPS) is 16.6. The van der Waals surface area contributed by atoms with E-state index in [0.29, 0.717) is 46.9 Å². The lowest BCUT2D eigenvalue weighted by molar-refractivity contribution is 0.0699. The van der Waals surface area contributed by atoms with E-state index in [9.17, 15) is 14.3 Å². The largest absolute Gasteiger partial charge is 0.493 e. The minimum atomic E-state index is -1.08. The average Bonchev–Trinajstić information content (AvgIpc) is 3.19. The van der Waals surface area contributed by atoms with Crippen molar-refractivity contribution in [1.29, 1.82) is 0 Å². The van der Waals surface area contributed by atoms with E-state index in [-0.39, 0.29) is 5.56 Å². The molecule has 3 aromatic rings. The van der Waals surface area contributed by atoms with E-state index >= 15 is 0 Å². The molecule has 2 heterocycles. The Kier molecular flexibility index (Phi) is 4.73. The molecule has 1 atom stereocenters. The molecule has 5 nitrogen and oxygen atoms in total. The van der Waals surface area contributed by atoms with Crippen LogP contribution in [0.2, 0.25) is 0 Å². The van der Waals surface area contributed by atoms with Crippen LogP contribution in [0.1, 0.15) is 16.8 Å². The summed E-state index contributed by atoms with van der Waals surface area (Å²) < 4.78 is 25.2. The van der Waals surface area contributed by atoms with Gasteiger partial charge in [-0.2, -0.15) is 0 Å². The Bertz CT molecular complexity index is 999. The summed E-state index contributed by atoms with van der Waals surface area (Å²) in [4.78, 5) is 15.9. The van der Waals surface area contributed by atoms with Crippen LogP contribution in [0, 0.1) is 11.7 Å². The van der Waals surface area contributed by atoms with Crippen LogP contribution in [0.25, 0.3) is 22.0 Å². The third-order valence-corrected chi connectivity index (χ3v) is 4.69. The molecule has 1 fully saturated rings. The van der Waals surface area contributed by atoms with Crippen LogP contribution in [-0.2, 0) is 4.74 Å². The molecular weight excluding hydrogens is 349 g/mol. The Balaban J connectivity index is 1.77. The van der Waals surface area contributed by atoms with Crippen molar-refractivity contribution < 1.29 is 23.8 Å². The number of carboxylic acid groups (broad SMARTS) is 1. The summed E-state index contributed by atoms with van der Waals surface area (Å²) >= 11 is 0. The number of benzene rings is 2. The van der Waals surface area contributed by atoms with E-state index in [4.69, 9.17) is 9.47 Å². The topological polar surface area (TPSA) is 68.7 Å². The molecule has 0 amide bonds. The van der Waals surface area contributed by atoms with Crippen LogP contribution in [0.15, 0.2) is 48.7 Å². The lowest BCUT2D eigenvalue weighted by Gasteiger charge is -2.15. The number of halogens is 1. The number of pyridine rings is 1. The number of aromatic carboxylic acids is 1. The smallest absolute Gasteiger partial charge is 0.337 e. The van der Waals surface area contributed by atoms with Gasteiger partial charge in [-0.15, -0.1) is 0 Å². The fraction of sp³-hybridized carbons (Fsp3) is 0.238. The Morgan fingerprint density at radius 3 is 2.96 bits per heavy atom. The first kappa shape index (κ1) is 17.4. The second-order valence-corrected chi connectivity index (χ2v) is 6.59. The summed E-state index contributed by atoms with van der Waals surface area (Å²) in [5.41, 5.74) is 1.56. The van der Waals surface area contributed by atoms with Crippen LogP contribution in [-0.4, -0.2) is 35.9 Å². The van der Waals surface area contributed by atoms with E-state index in [0.717, 1.165) is 13.0 Å². The van der Waals surface area contributed by atoms with E-state index in [1.165, 1.54) is 18.2 Å². The molecule has 1 saturated heterocycles. The van der Waals surface area contributed by atoms with Crippen molar-refractivity contribution in [3.63, 3.8) is 0 Å². The van der Waals surface area contributed by atoms with Gasteiger partial charge >= 0.3 is 5.97 Å². The number of carboxylic acids is 1. The minimum Gasteiger partial charge on any atom is -0.493 e. The molecule has 1 unspecified atom stereocenters. The number of ether oxygens (including phenoxy) is 2. The van der Waals surface area contributed by atoms with E-state index in [1.807, 2.05) is 0 Å². The maximum atomic E-state index is 13.9. The van der Waals surface area contributed by atoms with Gasteiger partial charge in [0, 0.05) is 29.7 Å². The van der Waals surface area contributed by atoms with Crippen molar-refractivity contribution in [2.45, 2.75) is 6.42 Å². The highest BCUT2D eigenvalue weighted by atomic mass is 19.1. The monoisotopic (exact) mass is 367 g/mol. The molecule has 27 heavy (non-hydrogen) atoms. The second kappa shape index (κ2) is 7.32. The molecule has 0 radical (unpaired) electrons. The molecule has 0 saturated carbocycles. The predicted molar refractivity (Wildman–Crippen MR) is 98.5 cm³/mol. The highest BCUT2D eigenvalue weighted by Gasteiger charge is 2.19. The number of rotatable bonds is 5. The first-order chi connectivity index (χ1) is 13.1. The molecule has 0 bridgehead atoms. The van der Waals surface area contributed by atoms with Gasteiger partial charge in [0.2, 0.25) is 0 Å². The van der Waals surface area contributed by atoms with Crippen molar-refractivity contribution >= 4 is 16.9 Å². The van der Waals surface area contributed by atoms with Gasteiger partial charge in [-0.3, -0.25) is 4.98 Å². The van der Waals surface area contributed by atoms with E-state index in [1.54, 1.807) is 30.5 Å². The van der Waals surface area contributed by atoms with Gasteiger partial charge in [0.1, 0.15) is 11.6 Å². The zero-order valence-electron chi connectivity index (χ0n) is 14.5. The van der Waals surface area contributed by atoms with Gasteiger partial charge in [0.25, 0.3) is 0 Å². The highest BCUT2D eigenvalue weighted by molar-refractivity contribution is 6.04. The third-order valence-electron chi connectivity index (χ3n) is 4.69. The van der Waals surface area contributed by atoms with Gasteiger partial charge in [-0.25, -0.2) is 9.18 Å². The quantitative estimate of drug-likeness (QED) is 0.734. The van der Waals surface area contributed by atoms with Crippen molar-refractivity contribution in [2.24, 2.45) is 5.92 Å². The van der Waals surface area contributed by atoms with Gasteiger partial charge in [0.05, 0.1) is 24.3 Å². The average molecular weight is 367 g/mol. The molecule has 1 aromatic heterocycles. The Labute approximate surface area is 155 Å². The van der Waals surface area contributed by atoms with Gasteiger partial charge in [-0.05, 0) is 48.4 Å². The first-order valence-electron chi connectivity index (χ1n) is 8.74. The van der Waals surface area contributed by atoms with E-state index < -0.39 is 11.8 Å². The Morgan fingerprint density at radius 2 is 2.19 bits per heavy atom. The number of nitrogens with zero attached hydrogens (tertiary/aromatic N) is 1. The fourth-order valence-corrected chi connectivity index (χ4v) is 3.29. The predicted octanol–water partition coefficient (Wildman–Crippen LogP) is 4.15. The lowest BCUT2D eigenvalue weighted by Crippen LogP contribution is -2.12. The second-order valence-electron chi connectivity index (χ2n) is 6.59. The third kappa shape index (κ3) is 3.61. The summed E-state index contributed by atoms with van der Waals surface area (Å²) in [5.74, 6) is -0.673. The minimum absolute atomic E-state index is 0.0718. The maximum Gasteiger partial charge on any atom is 0.337 e. The number of carbonyl (C=O) groups is 1. The number of fused-ring (bicyclic) bond motifs is 1. The molecule has 1 N–H and O–H groups in total. The molecule has 1 aliphatic rings. The fourth-order valence-electron chi connectivity index (χ4n) is 3.29. The molecular formula is C21H18FNO4. The van der Waals surface area contributed by atoms with Gasteiger partial charge in [0.15, 0.2) is 0 Å². The number of hydrogen-bond acceptors (Lipinski definition) is 4. The lowest BCUT2D eigenvalue weighted by atomic mass is 9.98. The summed E-state index contributed by atoms with van der Waals surface area (Å²) in [6.45, 7) is 1.85. The van der Waals surface area contributed by atoms with Crippen LogP contribution < -0.4 is 4.74 Å². The zero-order chi connectivity index (χ0) is 18.8. The van der Waals surface area contributed by atoms with E-state index in [2.05, 4.69) is 4.98 Å². The van der Waals surface area contributed by atoms with Crippen LogP contribution >= 0.6 is 0 Å². The number of aromatic nitrogens is 1. The maximum absolute atomic E-state index is 13.9. The molecule has 138 valence electrons. The molecule has 6 heteroatoms. The highest BCUT2D eigenvalue weighted by Crippen LogP contribution is 2.34. The standard InChI is InChI=1S/C21H18FNO4/c22-16-3-4-19(27-12-13-5-7-26-11-13)17(10-16)15-8-14-2-1-6-23-20(14)18(9-15)21(24)25/h1-4,6,8-10,13H,5,7,11-12H2,(H,24,25). The molecule has 2 aromatic carbocycles. The first-order valence-corrected chi connectivity index (χ1v) is 8.74. The van der Waals surface area contributed by atoms with Crippen molar-refractivity contribution in [1.82, 2.24) is 4.98 Å². The Hall–Kier alpha value is -2.99. The zero-order valence-corrected chi connectivity index (χ0v) is 14.5. The summed E-state index contributed by atoms with van der Waals surface area (Å²) in [5, 5.41) is 10.2. The van der Waals surface area contributed by atoms with Gasteiger partial charge < -0.3 is 14.6 Å². The van der Waals surface area contributed by atoms with Crippen molar-refractivity contribution in [3.8, 4) is 16.9 Å².